The van der Waals surface area contributed by atoms with Gasteiger partial charge in [0, 0.05) is 0 Å². The van der Waals surface area contributed by atoms with E-state index in [1.807, 2.05) is 18.2 Å². The number of amides is 1. The van der Waals surface area contributed by atoms with Crippen molar-refractivity contribution in [1.82, 2.24) is 4.31 Å². The summed E-state index contributed by atoms with van der Waals surface area (Å²) in [5, 5.41) is -0.661. The van der Waals surface area contributed by atoms with Gasteiger partial charge in [-0.1, -0.05) is 30.3 Å². The summed E-state index contributed by atoms with van der Waals surface area (Å²) in [6.07, 6.45) is -0.848. The molecule has 0 unspecified atom stereocenters. The number of rotatable bonds is 1. The van der Waals surface area contributed by atoms with Crippen LogP contribution < -0.4 is 0 Å². The molecule has 0 radical (unpaired) electrons. The first kappa shape index (κ1) is 12.9. The van der Waals surface area contributed by atoms with Crippen molar-refractivity contribution in [1.29, 1.82) is 0 Å². The Morgan fingerprint density at radius 2 is 1.89 bits per heavy atom. The standard InChI is InChI=1S/C12H15NO4S/c1-9-12(2,10-7-5-4-6-8-10)13(11(14)17-3)18(9,15)16/h4-9H,1-3H3/t9-,12-/m1/s1. The second-order valence-corrected chi connectivity index (χ2v) is 6.54. The summed E-state index contributed by atoms with van der Waals surface area (Å²) in [6.45, 7) is 3.33. The fraction of sp³-hybridized carbons (Fsp3) is 0.417. The molecule has 2 atom stereocenters. The Bertz CT molecular complexity index is 569. The van der Waals surface area contributed by atoms with Crippen LogP contribution >= 0.6 is 0 Å². The van der Waals surface area contributed by atoms with Crippen molar-refractivity contribution in [2.75, 3.05) is 7.11 Å². The first-order chi connectivity index (χ1) is 8.36. The largest absolute Gasteiger partial charge is 0.452 e. The summed E-state index contributed by atoms with van der Waals surface area (Å²) in [6, 6.07) is 9.08. The van der Waals surface area contributed by atoms with Gasteiger partial charge in [-0.05, 0) is 19.4 Å². The lowest BCUT2D eigenvalue weighted by molar-refractivity contribution is 0.0934. The molecule has 1 aromatic carbocycles. The Labute approximate surface area is 106 Å². The zero-order valence-corrected chi connectivity index (χ0v) is 11.3. The summed E-state index contributed by atoms with van der Waals surface area (Å²) in [4.78, 5) is 11.7. The van der Waals surface area contributed by atoms with Crippen molar-refractivity contribution in [2.45, 2.75) is 24.6 Å². The Kier molecular flexibility index (Phi) is 2.85. The van der Waals surface area contributed by atoms with E-state index in [2.05, 4.69) is 4.74 Å². The molecule has 0 N–H and O–H groups in total. The van der Waals surface area contributed by atoms with Gasteiger partial charge in [-0.25, -0.2) is 13.2 Å². The van der Waals surface area contributed by atoms with E-state index in [9.17, 15) is 13.2 Å². The van der Waals surface area contributed by atoms with E-state index in [4.69, 9.17) is 0 Å². The van der Waals surface area contributed by atoms with E-state index in [1.54, 1.807) is 26.0 Å². The molecular formula is C12H15NO4S. The zero-order chi connectivity index (χ0) is 13.6. The molecule has 1 amide bonds. The van der Waals surface area contributed by atoms with E-state index < -0.39 is 26.9 Å². The monoisotopic (exact) mass is 269 g/mol. The van der Waals surface area contributed by atoms with Gasteiger partial charge in [0.2, 0.25) is 10.0 Å². The smallest absolute Gasteiger partial charge is 0.424 e. The summed E-state index contributed by atoms with van der Waals surface area (Å²) in [7, 11) is -2.44. The first-order valence-electron chi connectivity index (χ1n) is 5.54. The van der Waals surface area contributed by atoms with Crippen LogP contribution in [0.3, 0.4) is 0 Å². The Morgan fingerprint density at radius 1 is 1.33 bits per heavy atom. The van der Waals surface area contributed by atoms with Gasteiger partial charge in [0.1, 0.15) is 10.8 Å². The molecule has 1 aromatic rings. The van der Waals surface area contributed by atoms with Gasteiger partial charge in [-0.3, -0.25) is 0 Å². The second-order valence-electron chi connectivity index (χ2n) is 4.44. The maximum atomic E-state index is 12.0. The van der Waals surface area contributed by atoms with Crippen molar-refractivity contribution in [2.24, 2.45) is 0 Å². The van der Waals surface area contributed by atoms with Gasteiger partial charge in [-0.2, -0.15) is 4.31 Å². The first-order valence-corrected chi connectivity index (χ1v) is 7.05. The van der Waals surface area contributed by atoms with Crippen LogP contribution in [0.15, 0.2) is 30.3 Å². The number of benzene rings is 1. The molecule has 1 aliphatic heterocycles. The number of ether oxygens (including phenoxy) is 1. The normalized spacial score (nSPS) is 29.5. The van der Waals surface area contributed by atoms with Crippen LogP contribution in [-0.2, 0) is 20.3 Å². The highest BCUT2D eigenvalue weighted by Gasteiger charge is 2.64. The molecule has 0 spiro atoms. The molecule has 1 aliphatic rings. The minimum Gasteiger partial charge on any atom is -0.452 e. The van der Waals surface area contributed by atoms with Gasteiger partial charge in [0.15, 0.2) is 0 Å². The number of carbonyl (C=O) groups excluding carboxylic acids is 1. The van der Waals surface area contributed by atoms with Crippen molar-refractivity contribution in [3.05, 3.63) is 35.9 Å². The number of sulfonamides is 1. The Balaban J connectivity index is 2.53. The predicted octanol–water partition coefficient (Wildman–Crippen LogP) is 1.70. The highest BCUT2D eigenvalue weighted by molar-refractivity contribution is 7.91. The molecule has 0 aliphatic carbocycles. The topological polar surface area (TPSA) is 63.7 Å². The van der Waals surface area contributed by atoms with Crippen LogP contribution in [0, 0.1) is 0 Å². The molecule has 1 saturated heterocycles. The van der Waals surface area contributed by atoms with E-state index in [0.717, 1.165) is 9.87 Å². The van der Waals surface area contributed by atoms with E-state index >= 15 is 0 Å². The highest BCUT2D eigenvalue weighted by Crippen LogP contribution is 2.47. The van der Waals surface area contributed by atoms with Gasteiger partial charge in [0.25, 0.3) is 0 Å². The molecule has 0 aromatic heterocycles. The molecule has 18 heavy (non-hydrogen) atoms. The maximum Gasteiger partial charge on any atom is 0.424 e. The second kappa shape index (κ2) is 3.98. The predicted molar refractivity (Wildman–Crippen MR) is 66.4 cm³/mol. The summed E-state index contributed by atoms with van der Waals surface area (Å²) in [5.41, 5.74) is -0.106. The van der Waals surface area contributed by atoms with Gasteiger partial charge in [-0.15, -0.1) is 0 Å². The summed E-state index contributed by atoms with van der Waals surface area (Å²) >= 11 is 0. The van der Waals surface area contributed by atoms with Crippen LogP contribution in [0.2, 0.25) is 0 Å². The van der Waals surface area contributed by atoms with E-state index in [1.165, 1.54) is 7.11 Å². The number of carbonyl (C=O) groups is 1. The minimum atomic E-state index is -3.61. The van der Waals surface area contributed by atoms with Crippen molar-refractivity contribution in [3.8, 4) is 0 Å². The molecule has 1 fully saturated rings. The molecular weight excluding hydrogens is 254 g/mol. The maximum absolute atomic E-state index is 12.0. The fourth-order valence-corrected chi connectivity index (χ4v) is 4.38. The van der Waals surface area contributed by atoms with Crippen molar-refractivity contribution < 1.29 is 17.9 Å². The van der Waals surface area contributed by atoms with E-state index in [-0.39, 0.29) is 0 Å². The fourth-order valence-electron chi connectivity index (χ4n) is 2.33. The lowest BCUT2D eigenvalue weighted by Gasteiger charge is -2.53. The number of hydrogen-bond donors (Lipinski definition) is 0. The van der Waals surface area contributed by atoms with Crippen LogP contribution in [-0.4, -0.2) is 31.2 Å². The quantitative estimate of drug-likeness (QED) is 0.778. The molecule has 98 valence electrons. The third-order valence-corrected chi connectivity index (χ3v) is 6.00. The SMILES string of the molecule is COC(=O)N1[C@@](C)(c2ccccc2)[C@@H](C)S1(=O)=O. The third-order valence-electron chi connectivity index (χ3n) is 3.61. The Hall–Kier alpha value is -1.56. The van der Waals surface area contributed by atoms with Crippen LogP contribution in [0.1, 0.15) is 19.4 Å². The lowest BCUT2D eigenvalue weighted by Crippen LogP contribution is -2.70. The van der Waals surface area contributed by atoms with Crippen LogP contribution in [0.4, 0.5) is 4.79 Å². The van der Waals surface area contributed by atoms with Crippen molar-refractivity contribution >= 4 is 16.1 Å². The van der Waals surface area contributed by atoms with E-state index in [0.29, 0.717) is 0 Å². The minimum absolute atomic E-state index is 0.661. The van der Waals surface area contributed by atoms with Gasteiger partial charge in [0.05, 0.1) is 7.11 Å². The molecule has 6 heteroatoms. The lowest BCUT2D eigenvalue weighted by atomic mass is 9.88. The van der Waals surface area contributed by atoms with Gasteiger partial charge >= 0.3 is 6.09 Å². The number of methoxy groups -OCH3 is 1. The highest BCUT2D eigenvalue weighted by atomic mass is 32.2. The summed E-state index contributed by atoms with van der Waals surface area (Å²) in [5.74, 6) is 0. The molecule has 5 nitrogen and oxygen atoms in total. The van der Waals surface area contributed by atoms with Crippen LogP contribution in [0.25, 0.3) is 0 Å². The average molecular weight is 269 g/mol. The number of hydrogen-bond acceptors (Lipinski definition) is 4. The van der Waals surface area contributed by atoms with Crippen LogP contribution in [0.5, 0.6) is 0 Å². The Morgan fingerprint density at radius 3 is 2.39 bits per heavy atom. The van der Waals surface area contributed by atoms with Crippen molar-refractivity contribution in [3.63, 3.8) is 0 Å². The average Bonchev–Trinajstić information content (AvgIpc) is 2.38. The number of nitrogens with zero attached hydrogens (tertiary/aromatic N) is 1. The molecule has 1 heterocycles. The zero-order valence-electron chi connectivity index (χ0n) is 10.5. The third kappa shape index (κ3) is 1.45. The summed E-state index contributed by atoms with van der Waals surface area (Å²) < 4.78 is 29.3. The molecule has 0 bridgehead atoms. The molecule has 0 saturated carbocycles. The molecule has 2 rings (SSSR count). The van der Waals surface area contributed by atoms with Gasteiger partial charge < -0.3 is 4.74 Å².